The summed E-state index contributed by atoms with van der Waals surface area (Å²) >= 11 is 0. The number of aromatic nitrogens is 1. The highest BCUT2D eigenvalue weighted by atomic mass is 16.4. The average molecular weight is 406 g/mol. The van der Waals surface area contributed by atoms with Crippen LogP contribution >= 0.6 is 0 Å². The van der Waals surface area contributed by atoms with E-state index in [1.807, 2.05) is 6.07 Å². The minimum absolute atomic E-state index is 0.254. The standard InChI is InChI=1S/C22H22N4O4/c23-20(27)18-7-4-10-26(18)19(22(29)30)16-12-24-17-9-8-14(11-15(16)17)25-21(28)13-5-2-1-3-6-13/h1-3,5-6,8-9,11-12,18-19,24H,4,7,10H2,(H2,23,27)(H,25,28)(H,29,30)/t18-,19-/m0/s1. The molecule has 154 valence electrons. The Labute approximate surface area is 172 Å². The lowest BCUT2D eigenvalue weighted by Crippen LogP contribution is -2.44. The van der Waals surface area contributed by atoms with Gasteiger partial charge in [0.2, 0.25) is 5.91 Å². The Bertz CT molecular complexity index is 1110. The molecule has 8 heteroatoms. The van der Waals surface area contributed by atoms with E-state index in [0.29, 0.717) is 41.6 Å². The number of benzene rings is 2. The third-order valence-electron chi connectivity index (χ3n) is 5.49. The molecule has 0 aliphatic carbocycles. The van der Waals surface area contributed by atoms with Crippen molar-refractivity contribution in [3.63, 3.8) is 0 Å². The number of aromatic amines is 1. The number of carbonyl (C=O) groups excluding carboxylic acids is 2. The van der Waals surface area contributed by atoms with Crippen molar-refractivity contribution in [2.24, 2.45) is 5.73 Å². The van der Waals surface area contributed by atoms with Crippen LogP contribution in [0, 0.1) is 0 Å². The summed E-state index contributed by atoms with van der Waals surface area (Å²) in [6, 6.07) is 12.5. The number of rotatable bonds is 6. The van der Waals surface area contributed by atoms with Crippen molar-refractivity contribution in [1.82, 2.24) is 9.88 Å². The summed E-state index contributed by atoms with van der Waals surface area (Å²) < 4.78 is 0. The Morgan fingerprint density at radius 2 is 1.93 bits per heavy atom. The molecule has 0 radical (unpaired) electrons. The number of carbonyl (C=O) groups is 3. The lowest BCUT2D eigenvalue weighted by molar-refractivity contribution is -0.144. The zero-order valence-corrected chi connectivity index (χ0v) is 16.2. The van der Waals surface area contributed by atoms with Crippen LogP contribution in [-0.4, -0.2) is 45.4 Å². The van der Waals surface area contributed by atoms with Crippen LogP contribution in [0.1, 0.15) is 34.8 Å². The van der Waals surface area contributed by atoms with Gasteiger partial charge < -0.3 is 21.1 Å². The van der Waals surface area contributed by atoms with Crippen molar-refractivity contribution in [3.8, 4) is 0 Å². The van der Waals surface area contributed by atoms with Gasteiger partial charge in [-0.05, 0) is 43.2 Å². The maximum atomic E-state index is 12.5. The summed E-state index contributed by atoms with van der Waals surface area (Å²) in [5, 5.41) is 13.5. The average Bonchev–Trinajstić information content (AvgIpc) is 3.37. The number of hydrogen-bond acceptors (Lipinski definition) is 4. The van der Waals surface area contributed by atoms with Crippen molar-refractivity contribution in [1.29, 1.82) is 0 Å². The van der Waals surface area contributed by atoms with Gasteiger partial charge in [-0.15, -0.1) is 0 Å². The molecule has 0 unspecified atom stereocenters. The SMILES string of the molecule is NC(=O)[C@@H]1CCCN1[C@H](C(=O)O)c1c[nH]c2ccc(NC(=O)c3ccccc3)cc12. The quantitative estimate of drug-likeness (QED) is 0.500. The van der Waals surface area contributed by atoms with Crippen LogP contribution in [0.4, 0.5) is 5.69 Å². The molecule has 4 rings (SSSR count). The Balaban J connectivity index is 1.68. The van der Waals surface area contributed by atoms with Gasteiger partial charge >= 0.3 is 5.97 Å². The van der Waals surface area contributed by atoms with E-state index >= 15 is 0 Å². The first-order valence-electron chi connectivity index (χ1n) is 9.71. The molecule has 2 amide bonds. The van der Waals surface area contributed by atoms with Crippen LogP contribution < -0.4 is 11.1 Å². The number of likely N-dealkylation sites (tertiary alicyclic amines) is 1. The molecule has 0 saturated carbocycles. The first-order valence-corrected chi connectivity index (χ1v) is 9.71. The molecule has 1 aliphatic heterocycles. The third kappa shape index (κ3) is 3.65. The van der Waals surface area contributed by atoms with Crippen molar-refractivity contribution in [2.75, 3.05) is 11.9 Å². The van der Waals surface area contributed by atoms with Gasteiger partial charge in [0.1, 0.15) is 6.04 Å². The summed E-state index contributed by atoms with van der Waals surface area (Å²) in [6.45, 7) is 0.474. The molecule has 30 heavy (non-hydrogen) atoms. The van der Waals surface area contributed by atoms with Gasteiger partial charge in [-0.25, -0.2) is 0 Å². The Hall–Kier alpha value is -3.65. The maximum Gasteiger partial charge on any atom is 0.325 e. The number of nitrogens with two attached hydrogens (primary N) is 1. The van der Waals surface area contributed by atoms with Gasteiger partial charge in [0.15, 0.2) is 0 Å². The van der Waals surface area contributed by atoms with Crippen LogP contribution in [0.5, 0.6) is 0 Å². The van der Waals surface area contributed by atoms with Crippen LogP contribution in [0.3, 0.4) is 0 Å². The number of nitrogens with one attached hydrogen (secondary N) is 2. The number of hydrogen-bond donors (Lipinski definition) is 4. The normalized spacial score (nSPS) is 17.7. The molecule has 2 atom stereocenters. The van der Waals surface area contributed by atoms with E-state index in [9.17, 15) is 19.5 Å². The lowest BCUT2D eigenvalue weighted by atomic mass is 10.0. The van der Waals surface area contributed by atoms with E-state index in [2.05, 4.69) is 10.3 Å². The Kier molecular flexibility index (Phi) is 5.24. The summed E-state index contributed by atoms with van der Waals surface area (Å²) in [4.78, 5) is 41.2. The lowest BCUT2D eigenvalue weighted by Gasteiger charge is -2.28. The first kappa shape index (κ1) is 19.7. The number of fused-ring (bicyclic) bond motifs is 1. The topological polar surface area (TPSA) is 129 Å². The molecule has 2 heterocycles. The molecule has 2 aromatic carbocycles. The highest BCUT2D eigenvalue weighted by Crippen LogP contribution is 2.34. The number of amides is 2. The van der Waals surface area contributed by atoms with Gasteiger partial charge in [0.25, 0.3) is 5.91 Å². The highest BCUT2D eigenvalue weighted by molar-refractivity contribution is 6.05. The molecule has 1 fully saturated rings. The molecule has 0 spiro atoms. The Morgan fingerprint density at radius 3 is 2.63 bits per heavy atom. The second-order valence-electron chi connectivity index (χ2n) is 7.36. The number of primary amides is 1. The van der Waals surface area contributed by atoms with Crippen molar-refractivity contribution in [2.45, 2.75) is 24.9 Å². The van der Waals surface area contributed by atoms with E-state index in [1.165, 1.54) is 0 Å². The zero-order chi connectivity index (χ0) is 21.3. The molecular formula is C22H22N4O4. The summed E-state index contributed by atoms with van der Waals surface area (Å²) in [5.74, 6) is -1.83. The number of carboxylic acid groups (broad SMARTS) is 1. The van der Waals surface area contributed by atoms with Crippen molar-refractivity contribution >= 4 is 34.4 Å². The second kappa shape index (κ2) is 8.00. The molecule has 0 bridgehead atoms. The van der Waals surface area contributed by atoms with Gasteiger partial charge in [-0.3, -0.25) is 19.3 Å². The molecule has 5 N–H and O–H groups in total. The van der Waals surface area contributed by atoms with Crippen molar-refractivity contribution in [3.05, 3.63) is 65.9 Å². The second-order valence-corrected chi connectivity index (χ2v) is 7.36. The fourth-order valence-electron chi connectivity index (χ4n) is 4.10. The molecule has 1 aromatic heterocycles. The Morgan fingerprint density at radius 1 is 1.17 bits per heavy atom. The predicted octanol–water partition coefficient (Wildman–Crippen LogP) is 2.50. The minimum Gasteiger partial charge on any atom is -0.480 e. The van der Waals surface area contributed by atoms with Gasteiger partial charge in [-0.2, -0.15) is 0 Å². The third-order valence-corrected chi connectivity index (χ3v) is 5.49. The summed E-state index contributed by atoms with van der Waals surface area (Å²) in [5.41, 5.74) is 7.84. The minimum atomic E-state index is -1.05. The van der Waals surface area contributed by atoms with Crippen LogP contribution in [0.2, 0.25) is 0 Å². The molecule has 1 saturated heterocycles. The van der Waals surface area contributed by atoms with Crippen molar-refractivity contribution < 1.29 is 19.5 Å². The number of H-pyrrole nitrogens is 1. The van der Waals surface area contributed by atoms with E-state index in [-0.39, 0.29) is 5.91 Å². The van der Waals surface area contributed by atoms with E-state index < -0.39 is 24.0 Å². The monoisotopic (exact) mass is 406 g/mol. The maximum absolute atomic E-state index is 12.5. The van der Waals surface area contributed by atoms with E-state index in [0.717, 1.165) is 5.52 Å². The van der Waals surface area contributed by atoms with Gasteiger partial charge in [0, 0.05) is 40.5 Å². The number of carboxylic acids is 1. The fraction of sp³-hybridized carbons (Fsp3) is 0.227. The number of aliphatic carboxylic acids is 1. The highest BCUT2D eigenvalue weighted by Gasteiger charge is 2.39. The van der Waals surface area contributed by atoms with Crippen LogP contribution in [-0.2, 0) is 9.59 Å². The largest absolute Gasteiger partial charge is 0.480 e. The first-order chi connectivity index (χ1) is 14.5. The van der Waals surface area contributed by atoms with E-state index in [1.54, 1.807) is 53.6 Å². The summed E-state index contributed by atoms with van der Waals surface area (Å²) in [7, 11) is 0. The van der Waals surface area contributed by atoms with E-state index in [4.69, 9.17) is 5.73 Å². The summed E-state index contributed by atoms with van der Waals surface area (Å²) in [6.07, 6.45) is 2.89. The predicted molar refractivity (Wildman–Crippen MR) is 112 cm³/mol. The molecule has 1 aliphatic rings. The molecule has 3 aromatic rings. The van der Waals surface area contributed by atoms with Crippen LogP contribution in [0.15, 0.2) is 54.7 Å². The zero-order valence-electron chi connectivity index (χ0n) is 16.2. The smallest absolute Gasteiger partial charge is 0.325 e. The van der Waals surface area contributed by atoms with Gasteiger partial charge in [0.05, 0.1) is 6.04 Å². The molecular weight excluding hydrogens is 384 g/mol. The fourth-order valence-corrected chi connectivity index (χ4v) is 4.10. The number of anilines is 1. The number of nitrogens with zero attached hydrogens (tertiary/aromatic N) is 1. The van der Waals surface area contributed by atoms with Crippen LogP contribution in [0.25, 0.3) is 10.9 Å². The van der Waals surface area contributed by atoms with Gasteiger partial charge in [-0.1, -0.05) is 18.2 Å². The molecule has 8 nitrogen and oxygen atoms in total.